The Morgan fingerprint density at radius 2 is 2.08 bits per heavy atom. The van der Waals surface area contributed by atoms with Crippen LogP contribution in [-0.2, 0) is 0 Å². The summed E-state index contributed by atoms with van der Waals surface area (Å²) < 4.78 is 0. The number of hydrogen-bond donors (Lipinski definition) is 1. The van der Waals surface area contributed by atoms with Gasteiger partial charge in [0.2, 0.25) is 0 Å². The van der Waals surface area contributed by atoms with E-state index in [9.17, 15) is 0 Å². The van der Waals surface area contributed by atoms with E-state index in [1.165, 1.54) is 44.9 Å². The Labute approximate surface area is 83.1 Å². The van der Waals surface area contributed by atoms with Crippen molar-refractivity contribution in [2.24, 2.45) is 17.6 Å². The third-order valence-electron chi connectivity index (χ3n) is 3.35. The van der Waals surface area contributed by atoms with Gasteiger partial charge in [-0.05, 0) is 24.7 Å². The molecule has 1 heteroatoms. The van der Waals surface area contributed by atoms with E-state index < -0.39 is 0 Å². The lowest BCUT2D eigenvalue weighted by molar-refractivity contribution is 0.260. The summed E-state index contributed by atoms with van der Waals surface area (Å²) in [4.78, 5) is 0. The predicted octanol–water partition coefficient (Wildman–Crippen LogP) is 3.33. The van der Waals surface area contributed by atoms with Crippen molar-refractivity contribution in [1.82, 2.24) is 0 Å². The van der Waals surface area contributed by atoms with E-state index in [2.05, 4.69) is 13.8 Å². The normalized spacial score (nSPS) is 22.4. The molecule has 2 N–H and O–H groups in total. The topological polar surface area (TPSA) is 26.0 Å². The van der Waals surface area contributed by atoms with Gasteiger partial charge in [-0.2, -0.15) is 0 Å². The molecule has 2 atom stereocenters. The molecule has 1 aliphatic carbocycles. The highest BCUT2D eigenvalue weighted by atomic mass is 14.6. The molecule has 0 spiro atoms. The first-order valence-corrected chi connectivity index (χ1v) is 5.98. The van der Waals surface area contributed by atoms with E-state index in [1.54, 1.807) is 0 Å². The molecule has 0 aromatic carbocycles. The second kappa shape index (κ2) is 5.64. The predicted molar refractivity (Wildman–Crippen MR) is 58.6 cm³/mol. The van der Waals surface area contributed by atoms with Crippen LogP contribution in [0.5, 0.6) is 0 Å². The van der Waals surface area contributed by atoms with E-state index >= 15 is 0 Å². The molecule has 78 valence electrons. The van der Waals surface area contributed by atoms with Crippen LogP contribution in [0.2, 0.25) is 0 Å². The fraction of sp³-hybridized carbons (Fsp3) is 1.00. The van der Waals surface area contributed by atoms with Crippen molar-refractivity contribution < 1.29 is 0 Å². The highest BCUT2D eigenvalue weighted by Crippen LogP contribution is 2.31. The van der Waals surface area contributed by atoms with Gasteiger partial charge in [-0.25, -0.2) is 0 Å². The SMILES string of the molecule is CCCC(C)CC(N)CC1CCC1. The van der Waals surface area contributed by atoms with Crippen LogP contribution < -0.4 is 5.73 Å². The molecule has 0 aliphatic heterocycles. The van der Waals surface area contributed by atoms with E-state index in [0.29, 0.717) is 6.04 Å². The maximum atomic E-state index is 6.12. The lowest BCUT2D eigenvalue weighted by atomic mass is 9.79. The Balaban J connectivity index is 2.04. The summed E-state index contributed by atoms with van der Waals surface area (Å²) in [6.45, 7) is 4.60. The van der Waals surface area contributed by atoms with Crippen LogP contribution in [0.25, 0.3) is 0 Å². The number of nitrogens with two attached hydrogens (primary N) is 1. The lowest BCUT2D eigenvalue weighted by Gasteiger charge is -2.29. The van der Waals surface area contributed by atoms with Crippen LogP contribution in [0.3, 0.4) is 0 Å². The van der Waals surface area contributed by atoms with Crippen LogP contribution in [0.1, 0.15) is 58.8 Å². The first-order chi connectivity index (χ1) is 6.22. The first-order valence-electron chi connectivity index (χ1n) is 5.98. The molecule has 0 bridgehead atoms. The van der Waals surface area contributed by atoms with Crippen molar-refractivity contribution in [2.75, 3.05) is 0 Å². The molecule has 1 nitrogen and oxygen atoms in total. The molecule has 1 saturated carbocycles. The van der Waals surface area contributed by atoms with Crippen molar-refractivity contribution in [2.45, 2.75) is 64.8 Å². The fourth-order valence-corrected chi connectivity index (χ4v) is 2.38. The van der Waals surface area contributed by atoms with Gasteiger partial charge in [-0.3, -0.25) is 0 Å². The molecule has 0 aromatic heterocycles. The third kappa shape index (κ3) is 4.12. The van der Waals surface area contributed by atoms with Crippen molar-refractivity contribution in [3.8, 4) is 0 Å². The average Bonchev–Trinajstić information content (AvgIpc) is 1.97. The van der Waals surface area contributed by atoms with Gasteiger partial charge in [-0.1, -0.05) is 46.0 Å². The zero-order chi connectivity index (χ0) is 9.68. The van der Waals surface area contributed by atoms with Crippen LogP contribution in [0.15, 0.2) is 0 Å². The minimum Gasteiger partial charge on any atom is -0.328 e. The number of rotatable bonds is 6. The van der Waals surface area contributed by atoms with E-state index in [1.807, 2.05) is 0 Å². The second-order valence-electron chi connectivity index (χ2n) is 4.92. The van der Waals surface area contributed by atoms with Gasteiger partial charge in [-0.15, -0.1) is 0 Å². The Morgan fingerprint density at radius 3 is 2.54 bits per heavy atom. The van der Waals surface area contributed by atoms with Crippen LogP contribution >= 0.6 is 0 Å². The van der Waals surface area contributed by atoms with Gasteiger partial charge in [0.1, 0.15) is 0 Å². The largest absolute Gasteiger partial charge is 0.328 e. The molecule has 1 aliphatic rings. The minimum absolute atomic E-state index is 0.479. The molecule has 0 aromatic rings. The third-order valence-corrected chi connectivity index (χ3v) is 3.35. The molecule has 2 unspecified atom stereocenters. The van der Waals surface area contributed by atoms with Gasteiger partial charge >= 0.3 is 0 Å². The molecule has 0 radical (unpaired) electrons. The Kier molecular flexibility index (Phi) is 4.79. The lowest BCUT2D eigenvalue weighted by Crippen LogP contribution is -2.28. The summed E-state index contributed by atoms with van der Waals surface area (Å²) in [5.41, 5.74) is 6.12. The summed E-state index contributed by atoms with van der Waals surface area (Å²) in [5.74, 6) is 1.81. The molecule has 1 fully saturated rings. The smallest absolute Gasteiger partial charge is 0.00440 e. The van der Waals surface area contributed by atoms with Gasteiger partial charge in [0.25, 0.3) is 0 Å². The maximum Gasteiger partial charge on any atom is 0.00440 e. The van der Waals surface area contributed by atoms with Gasteiger partial charge < -0.3 is 5.73 Å². The summed E-state index contributed by atoms with van der Waals surface area (Å²) in [5, 5.41) is 0. The van der Waals surface area contributed by atoms with Gasteiger partial charge in [0.15, 0.2) is 0 Å². The maximum absolute atomic E-state index is 6.12. The van der Waals surface area contributed by atoms with Crippen molar-refractivity contribution in [1.29, 1.82) is 0 Å². The highest BCUT2D eigenvalue weighted by molar-refractivity contribution is 4.76. The second-order valence-corrected chi connectivity index (χ2v) is 4.92. The van der Waals surface area contributed by atoms with E-state index in [0.717, 1.165) is 11.8 Å². The summed E-state index contributed by atoms with van der Waals surface area (Å²) in [7, 11) is 0. The molecule has 0 amide bonds. The average molecular weight is 183 g/mol. The van der Waals surface area contributed by atoms with Crippen molar-refractivity contribution >= 4 is 0 Å². The fourth-order valence-electron chi connectivity index (χ4n) is 2.38. The summed E-state index contributed by atoms with van der Waals surface area (Å²) in [6.07, 6.45) is 9.50. The van der Waals surface area contributed by atoms with E-state index in [4.69, 9.17) is 5.73 Å². The summed E-state index contributed by atoms with van der Waals surface area (Å²) >= 11 is 0. The Morgan fingerprint density at radius 1 is 1.38 bits per heavy atom. The Bertz CT molecular complexity index is 129. The van der Waals surface area contributed by atoms with Crippen LogP contribution in [0.4, 0.5) is 0 Å². The number of hydrogen-bond acceptors (Lipinski definition) is 1. The molecular formula is C12H25N. The van der Waals surface area contributed by atoms with Crippen LogP contribution in [-0.4, -0.2) is 6.04 Å². The summed E-state index contributed by atoms with van der Waals surface area (Å²) in [6, 6.07) is 0.479. The monoisotopic (exact) mass is 183 g/mol. The molecule has 0 heterocycles. The minimum atomic E-state index is 0.479. The van der Waals surface area contributed by atoms with Crippen molar-refractivity contribution in [3.63, 3.8) is 0 Å². The molecule has 13 heavy (non-hydrogen) atoms. The molecule has 0 saturated heterocycles. The van der Waals surface area contributed by atoms with Gasteiger partial charge in [0.05, 0.1) is 0 Å². The zero-order valence-electron chi connectivity index (χ0n) is 9.26. The standard InChI is InChI=1S/C12H25N/c1-3-5-10(2)8-12(13)9-11-6-4-7-11/h10-12H,3-9,13H2,1-2H3. The van der Waals surface area contributed by atoms with Gasteiger partial charge in [0, 0.05) is 6.04 Å². The first kappa shape index (κ1) is 11.0. The van der Waals surface area contributed by atoms with Crippen LogP contribution in [0, 0.1) is 11.8 Å². The Hall–Kier alpha value is -0.0400. The highest BCUT2D eigenvalue weighted by Gasteiger charge is 2.20. The molecular weight excluding hydrogens is 158 g/mol. The zero-order valence-corrected chi connectivity index (χ0v) is 9.26. The quantitative estimate of drug-likeness (QED) is 0.671. The van der Waals surface area contributed by atoms with Crippen molar-refractivity contribution in [3.05, 3.63) is 0 Å². The van der Waals surface area contributed by atoms with E-state index in [-0.39, 0.29) is 0 Å². The molecule has 1 rings (SSSR count).